The van der Waals surface area contributed by atoms with Crippen LogP contribution in [0.1, 0.15) is 24.1 Å². The number of likely N-dealkylation sites (tertiary alicyclic amines) is 1. The molecular formula is C20H23NO. The molecule has 2 aromatic carbocycles. The third-order valence-corrected chi connectivity index (χ3v) is 4.04. The average Bonchev–Trinajstić information content (AvgIpc) is 2.51. The van der Waals surface area contributed by atoms with Gasteiger partial charge in [-0.15, -0.1) is 0 Å². The zero-order valence-corrected chi connectivity index (χ0v) is 13.1. The molecule has 1 aliphatic rings. The normalized spacial score (nSPS) is 15.7. The third kappa shape index (κ3) is 3.46. The summed E-state index contributed by atoms with van der Waals surface area (Å²) < 4.78 is 5.85. The summed E-state index contributed by atoms with van der Waals surface area (Å²) in [6.07, 6.45) is 0.326. The fourth-order valence-electron chi connectivity index (χ4n) is 2.93. The first-order chi connectivity index (χ1) is 10.7. The summed E-state index contributed by atoms with van der Waals surface area (Å²) in [5, 5.41) is 0. The summed E-state index contributed by atoms with van der Waals surface area (Å²) in [5.74, 6) is 0. The molecule has 0 saturated carbocycles. The lowest BCUT2D eigenvalue weighted by molar-refractivity contribution is -0.0588. The summed E-state index contributed by atoms with van der Waals surface area (Å²) in [7, 11) is 0. The van der Waals surface area contributed by atoms with Gasteiger partial charge in [-0.25, -0.2) is 0 Å². The Hall–Kier alpha value is -1.90. The molecule has 114 valence electrons. The zero-order valence-electron chi connectivity index (χ0n) is 13.1. The van der Waals surface area contributed by atoms with Gasteiger partial charge in [0, 0.05) is 13.1 Å². The van der Waals surface area contributed by atoms with Gasteiger partial charge in [-0.2, -0.15) is 0 Å². The van der Waals surface area contributed by atoms with E-state index >= 15 is 0 Å². The molecule has 0 aromatic heterocycles. The summed E-state index contributed by atoms with van der Waals surface area (Å²) >= 11 is 0. The monoisotopic (exact) mass is 293 g/mol. The Bertz CT molecular complexity index is 563. The number of ether oxygens (including phenoxy) is 1. The first kappa shape index (κ1) is 15.0. The summed E-state index contributed by atoms with van der Waals surface area (Å²) in [6.45, 7) is 8.52. The van der Waals surface area contributed by atoms with Crippen molar-refractivity contribution in [2.45, 2.75) is 19.1 Å². The van der Waals surface area contributed by atoms with Crippen molar-refractivity contribution in [2.75, 3.05) is 19.7 Å². The average molecular weight is 293 g/mol. The van der Waals surface area contributed by atoms with Gasteiger partial charge in [0.2, 0.25) is 0 Å². The minimum absolute atomic E-state index is 0.312. The van der Waals surface area contributed by atoms with E-state index < -0.39 is 0 Å². The Labute approximate surface area is 133 Å². The fraction of sp³-hybridized carbons (Fsp3) is 0.300. The predicted octanol–water partition coefficient (Wildman–Crippen LogP) is 4.05. The Balaban J connectivity index is 1.73. The van der Waals surface area contributed by atoms with E-state index in [0.717, 1.165) is 18.7 Å². The van der Waals surface area contributed by atoms with Gasteiger partial charge in [0.25, 0.3) is 0 Å². The summed E-state index contributed by atoms with van der Waals surface area (Å²) in [4.78, 5) is 2.48. The van der Waals surface area contributed by atoms with E-state index in [1.807, 2.05) is 6.92 Å². The third-order valence-electron chi connectivity index (χ3n) is 4.04. The highest BCUT2D eigenvalue weighted by Gasteiger charge is 2.34. The van der Waals surface area contributed by atoms with Crippen molar-refractivity contribution >= 4 is 0 Å². The van der Waals surface area contributed by atoms with Crippen LogP contribution >= 0.6 is 0 Å². The molecule has 0 unspecified atom stereocenters. The lowest BCUT2D eigenvalue weighted by atomic mass is 9.94. The first-order valence-corrected chi connectivity index (χ1v) is 7.84. The predicted molar refractivity (Wildman–Crippen MR) is 90.9 cm³/mol. The zero-order chi connectivity index (χ0) is 15.4. The maximum atomic E-state index is 5.85. The standard InChI is InChI=1S/C20H23NO/c1-16(2)15-22-19-13-21(14-19)20(17-9-5-3-6-10-17)18-11-7-4-8-12-18/h3-12,19-20H,1,13-15H2,2H3. The highest BCUT2D eigenvalue weighted by molar-refractivity contribution is 5.32. The van der Waals surface area contributed by atoms with Crippen LogP contribution in [-0.2, 0) is 4.74 Å². The minimum Gasteiger partial charge on any atom is -0.371 e. The van der Waals surface area contributed by atoms with Crippen molar-refractivity contribution in [3.05, 3.63) is 83.9 Å². The number of hydrogen-bond donors (Lipinski definition) is 0. The molecule has 0 aliphatic carbocycles. The molecule has 0 spiro atoms. The van der Waals surface area contributed by atoms with Gasteiger partial charge in [0.15, 0.2) is 0 Å². The van der Waals surface area contributed by atoms with Crippen molar-refractivity contribution in [2.24, 2.45) is 0 Å². The van der Waals surface area contributed by atoms with Gasteiger partial charge in [0.05, 0.1) is 18.8 Å². The number of nitrogens with zero attached hydrogens (tertiary/aromatic N) is 1. The van der Waals surface area contributed by atoms with E-state index in [1.54, 1.807) is 0 Å². The molecule has 0 bridgehead atoms. The van der Waals surface area contributed by atoms with E-state index in [9.17, 15) is 0 Å². The Morgan fingerprint density at radius 1 is 1.05 bits per heavy atom. The lowest BCUT2D eigenvalue weighted by Crippen LogP contribution is -2.53. The second-order valence-corrected chi connectivity index (χ2v) is 6.07. The van der Waals surface area contributed by atoms with Gasteiger partial charge in [-0.1, -0.05) is 72.8 Å². The largest absolute Gasteiger partial charge is 0.371 e. The molecule has 1 fully saturated rings. The van der Waals surface area contributed by atoms with E-state index in [-0.39, 0.29) is 0 Å². The maximum Gasteiger partial charge on any atom is 0.0833 e. The van der Waals surface area contributed by atoms with E-state index in [4.69, 9.17) is 4.74 Å². The molecule has 0 radical (unpaired) electrons. The highest BCUT2D eigenvalue weighted by atomic mass is 16.5. The second kappa shape index (κ2) is 6.91. The molecule has 0 amide bonds. The number of hydrogen-bond acceptors (Lipinski definition) is 2. The minimum atomic E-state index is 0.312. The molecule has 2 aromatic rings. The van der Waals surface area contributed by atoms with Gasteiger partial charge >= 0.3 is 0 Å². The smallest absolute Gasteiger partial charge is 0.0833 e. The molecule has 1 saturated heterocycles. The summed E-state index contributed by atoms with van der Waals surface area (Å²) in [6, 6.07) is 21.7. The van der Waals surface area contributed by atoms with E-state index in [2.05, 4.69) is 72.1 Å². The van der Waals surface area contributed by atoms with Crippen LogP contribution in [-0.4, -0.2) is 30.7 Å². The SMILES string of the molecule is C=C(C)COC1CN(C(c2ccccc2)c2ccccc2)C1. The van der Waals surface area contributed by atoms with Crippen LogP contribution in [0.3, 0.4) is 0 Å². The van der Waals surface area contributed by atoms with Crippen LogP contribution in [0.15, 0.2) is 72.8 Å². The molecule has 1 aliphatic heterocycles. The topological polar surface area (TPSA) is 12.5 Å². The van der Waals surface area contributed by atoms with Gasteiger partial charge in [-0.3, -0.25) is 4.90 Å². The first-order valence-electron chi connectivity index (χ1n) is 7.84. The van der Waals surface area contributed by atoms with Crippen LogP contribution in [0.4, 0.5) is 0 Å². The summed E-state index contributed by atoms with van der Waals surface area (Å²) in [5.41, 5.74) is 3.76. The van der Waals surface area contributed by atoms with Gasteiger partial charge in [-0.05, 0) is 18.1 Å². The van der Waals surface area contributed by atoms with Crippen molar-refractivity contribution in [3.63, 3.8) is 0 Å². The number of rotatable bonds is 6. The molecule has 22 heavy (non-hydrogen) atoms. The van der Waals surface area contributed by atoms with Gasteiger partial charge < -0.3 is 4.74 Å². The van der Waals surface area contributed by atoms with Crippen LogP contribution in [0.2, 0.25) is 0 Å². The second-order valence-electron chi connectivity index (χ2n) is 6.07. The van der Waals surface area contributed by atoms with Crippen molar-refractivity contribution in [3.8, 4) is 0 Å². The van der Waals surface area contributed by atoms with Crippen molar-refractivity contribution in [1.82, 2.24) is 4.90 Å². The highest BCUT2D eigenvalue weighted by Crippen LogP contribution is 2.32. The molecule has 0 atom stereocenters. The molecule has 0 N–H and O–H groups in total. The molecule has 1 heterocycles. The van der Waals surface area contributed by atoms with Crippen LogP contribution < -0.4 is 0 Å². The molecule has 2 nitrogen and oxygen atoms in total. The molecule has 2 heteroatoms. The Morgan fingerprint density at radius 3 is 2.00 bits per heavy atom. The fourth-order valence-corrected chi connectivity index (χ4v) is 2.93. The van der Waals surface area contributed by atoms with E-state index in [1.165, 1.54) is 11.1 Å². The van der Waals surface area contributed by atoms with Crippen LogP contribution in [0, 0.1) is 0 Å². The van der Waals surface area contributed by atoms with E-state index in [0.29, 0.717) is 18.8 Å². The maximum absolute atomic E-state index is 5.85. The van der Waals surface area contributed by atoms with Crippen LogP contribution in [0.5, 0.6) is 0 Å². The van der Waals surface area contributed by atoms with Crippen molar-refractivity contribution in [1.29, 1.82) is 0 Å². The molecule has 3 rings (SSSR count). The lowest BCUT2D eigenvalue weighted by Gasteiger charge is -2.44. The van der Waals surface area contributed by atoms with Gasteiger partial charge in [0.1, 0.15) is 0 Å². The number of benzene rings is 2. The Morgan fingerprint density at radius 2 is 1.55 bits per heavy atom. The Kier molecular flexibility index (Phi) is 4.71. The van der Waals surface area contributed by atoms with Crippen molar-refractivity contribution < 1.29 is 4.74 Å². The van der Waals surface area contributed by atoms with Crippen LogP contribution in [0.25, 0.3) is 0 Å². The quantitative estimate of drug-likeness (QED) is 0.745. The molecular weight excluding hydrogens is 270 g/mol.